The molecule has 3 heterocycles. The van der Waals surface area contributed by atoms with E-state index < -0.39 is 0 Å². The second-order valence-electron chi connectivity index (χ2n) is 8.15. The van der Waals surface area contributed by atoms with Crippen LogP contribution < -0.4 is 4.87 Å². The molecule has 1 N–H and O–H groups in total. The van der Waals surface area contributed by atoms with Crippen LogP contribution in [-0.2, 0) is 0 Å². The minimum absolute atomic E-state index is 0.0229. The molecule has 6 rings (SSSR count). The number of nitrogens with zero attached hydrogens (tertiary/aromatic N) is 1. The van der Waals surface area contributed by atoms with Crippen LogP contribution in [0.25, 0.3) is 11.3 Å². The summed E-state index contributed by atoms with van der Waals surface area (Å²) >= 11 is 3.13. The Morgan fingerprint density at radius 2 is 1.97 bits per heavy atom. The van der Waals surface area contributed by atoms with Gasteiger partial charge in [-0.25, -0.2) is 0 Å². The van der Waals surface area contributed by atoms with Gasteiger partial charge in [-0.05, 0) is 55.2 Å². The first kappa shape index (κ1) is 17.5. The fourth-order valence-electron chi connectivity index (χ4n) is 5.67. The van der Waals surface area contributed by atoms with E-state index in [4.69, 9.17) is 4.42 Å². The molecule has 29 heavy (non-hydrogen) atoms. The fourth-order valence-corrected chi connectivity index (χ4v) is 8.55. The molecule has 1 aliphatic heterocycles. The Bertz CT molecular complexity index is 1180. The highest BCUT2D eigenvalue weighted by atomic mass is 32.2. The minimum Gasteiger partial charge on any atom is -0.460 e. The molecule has 0 saturated heterocycles. The molecule has 2 fully saturated rings. The average molecular weight is 427 g/mol. The molecule has 0 spiro atoms. The third kappa shape index (κ3) is 2.58. The lowest BCUT2D eigenvalue weighted by molar-refractivity contribution is -0.384. The Morgan fingerprint density at radius 3 is 2.83 bits per heavy atom. The Morgan fingerprint density at radius 1 is 1.14 bits per heavy atom. The zero-order valence-corrected chi connectivity index (χ0v) is 17.0. The summed E-state index contributed by atoms with van der Waals surface area (Å²) in [5, 5.41) is 12.9. The lowest BCUT2D eigenvalue weighted by Gasteiger charge is -2.38. The van der Waals surface area contributed by atoms with Crippen molar-refractivity contribution in [1.82, 2.24) is 4.98 Å². The van der Waals surface area contributed by atoms with Crippen LogP contribution in [0.5, 0.6) is 0 Å². The third-order valence-electron chi connectivity index (χ3n) is 6.76. The Labute approximate surface area is 174 Å². The van der Waals surface area contributed by atoms with Crippen molar-refractivity contribution in [2.75, 3.05) is 0 Å². The summed E-state index contributed by atoms with van der Waals surface area (Å²) in [5.41, 5.74) is 0.526. The zero-order valence-electron chi connectivity index (χ0n) is 15.4. The maximum Gasteiger partial charge on any atom is 0.305 e. The van der Waals surface area contributed by atoms with Crippen molar-refractivity contribution >= 4 is 28.8 Å². The highest BCUT2D eigenvalue weighted by Gasteiger charge is 2.55. The van der Waals surface area contributed by atoms with Gasteiger partial charge in [0.25, 0.3) is 5.69 Å². The van der Waals surface area contributed by atoms with Gasteiger partial charge in [0, 0.05) is 11.3 Å². The van der Waals surface area contributed by atoms with Crippen molar-refractivity contribution in [3.05, 3.63) is 66.8 Å². The van der Waals surface area contributed by atoms with E-state index in [-0.39, 0.29) is 21.4 Å². The number of nitro groups is 1. The van der Waals surface area contributed by atoms with Crippen molar-refractivity contribution in [2.24, 2.45) is 17.8 Å². The SMILES string of the molecule is O=c1[nH]c2c(s1)[C@H](c1ccc(-c3ccccc3[N+](=O)[O-])o1)[C@H]1[C@H]3CC[C@@H](C3)[C@H]1S2. The van der Waals surface area contributed by atoms with Crippen molar-refractivity contribution in [3.63, 3.8) is 0 Å². The van der Waals surface area contributed by atoms with Crippen LogP contribution in [0.3, 0.4) is 0 Å². The molecule has 2 bridgehead atoms. The number of fused-ring (bicyclic) bond motifs is 6. The van der Waals surface area contributed by atoms with Gasteiger partial charge in [-0.1, -0.05) is 23.5 Å². The van der Waals surface area contributed by atoms with E-state index in [1.807, 2.05) is 23.9 Å². The van der Waals surface area contributed by atoms with E-state index in [0.717, 1.165) is 15.7 Å². The molecule has 2 aromatic heterocycles. The quantitative estimate of drug-likeness (QED) is 0.456. The van der Waals surface area contributed by atoms with Gasteiger partial charge in [0.05, 0.1) is 26.3 Å². The maximum absolute atomic E-state index is 12.1. The van der Waals surface area contributed by atoms with E-state index in [1.165, 1.54) is 36.7 Å². The molecule has 2 saturated carbocycles. The maximum atomic E-state index is 12.1. The van der Waals surface area contributed by atoms with Crippen LogP contribution in [-0.4, -0.2) is 15.2 Å². The molecule has 2 aliphatic carbocycles. The van der Waals surface area contributed by atoms with Gasteiger partial charge in [-0.15, -0.1) is 11.8 Å². The van der Waals surface area contributed by atoms with Crippen LogP contribution in [0.2, 0.25) is 0 Å². The molecule has 148 valence electrons. The van der Waals surface area contributed by atoms with Crippen LogP contribution in [0, 0.1) is 27.9 Å². The second-order valence-corrected chi connectivity index (χ2v) is 10.4. The number of rotatable bonds is 3. The molecule has 3 aliphatic rings. The van der Waals surface area contributed by atoms with Crippen molar-refractivity contribution < 1.29 is 9.34 Å². The number of para-hydroxylation sites is 1. The number of thiazole rings is 1. The molecular weight excluding hydrogens is 408 g/mol. The van der Waals surface area contributed by atoms with Gasteiger partial charge in [0.1, 0.15) is 11.5 Å². The second kappa shape index (κ2) is 6.34. The van der Waals surface area contributed by atoms with Gasteiger partial charge in [-0.3, -0.25) is 14.9 Å². The zero-order chi connectivity index (χ0) is 19.7. The predicted octanol–water partition coefficient (Wildman–Crippen LogP) is 5.26. The highest BCUT2D eigenvalue weighted by Crippen LogP contribution is 2.63. The fraction of sp³-hybridized carbons (Fsp3) is 0.381. The summed E-state index contributed by atoms with van der Waals surface area (Å²) in [6.07, 6.45) is 3.78. The van der Waals surface area contributed by atoms with Crippen LogP contribution in [0.1, 0.15) is 35.8 Å². The number of aromatic amines is 1. The minimum atomic E-state index is -0.378. The van der Waals surface area contributed by atoms with Gasteiger partial charge in [-0.2, -0.15) is 0 Å². The molecule has 6 nitrogen and oxygen atoms in total. The number of hydrogen-bond acceptors (Lipinski definition) is 6. The lowest BCUT2D eigenvalue weighted by atomic mass is 9.77. The van der Waals surface area contributed by atoms with E-state index >= 15 is 0 Å². The van der Waals surface area contributed by atoms with E-state index in [0.29, 0.717) is 34.3 Å². The summed E-state index contributed by atoms with van der Waals surface area (Å²) in [6.45, 7) is 0. The molecule has 0 amide bonds. The molecule has 8 heteroatoms. The van der Waals surface area contributed by atoms with Gasteiger partial charge in [0.2, 0.25) is 0 Å². The number of thioether (sulfide) groups is 1. The first-order valence-electron chi connectivity index (χ1n) is 9.83. The summed E-state index contributed by atoms with van der Waals surface area (Å²) in [6, 6.07) is 10.4. The van der Waals surface area contributed by atoms with Crippen molar-refractivity contribution in [3.8, 4) is 11.3 Å². The topological polar surface area (TPSA) is 89.1 Å². The van der Waals surface area contributed by atoms with Crippen LogP contribution >= 0.6 is 23.1 Å². The number of nitro benzene ring substituents is 1. The first-order valence-corrected chi connectivity index (χ1v) is 11.5. The number of furan rings is 1. The third-order valence-corrected chi connectivity index (χ3v) is 9.39. The van der Waals surface area contributed by atoms with Crippen molar-refractivity contribution in [1.29, 1.82) is 0 Å². The number of aromatic nitrogens is 1. The number of hydrogen-bond donors (Lipinski definition) is 1. The predicted molar refractivity (Wildman–Crippen MR) is 112 cm³/mol. The van der Waals surface area contributed by atoms with Crippen LogP contribution in [0.4, 0.5) is 5.69 Å². The van der Waals surface area contributed by atoms with E-state index in [9.17, 15) is 14.9 Å². The molecule has 3 aromatic rings. The van der Waals surface area contributed by atoms with E-state index in [1.54, 1.807) is 18.2 Å². The Balaban J connectivity index is 1.47. The molecule has 5 atom stereocenters. The Hall–Kier alpha value is -2.32. The summed E-state index contributed by atoms with van der Waals surface area (Å²) in [5.74, 6) is 3.20. The number of benzene rings is 1. The lowest BCUT2D eigenvalue weighted by Crippen LogP contribution is -2.33. The Kier molecular flexibility index (Phi) is 3.83. The van der Waals surface area contributed by atoms with Gasteiger partial charge < -0.3 is 9.40 Å². The van der Waals surface area contributed by atoms with Gasteiger partial charge >= 0.3 is 4.87 Å². The summed E-state index contributed by atoms with van der Waals surface area (Å²) < 4.78 is 6.26. The number of H-pyrrole nitrogens is 1. The van der Waals surface area contributed by atoms with Crippen molar-refractivity contribution in [2.45, 2.75) is 35.5 Å². The van der Waals surface area contributed by atoms with Crippen LogP contribution in [0.15, 0.2) is 50.6 Å². The largest absolute Gasteiger partial charge is 0.460 e. The smallest absolute Gasteiger partial charge is 0.305 e. The molecule has 0 radical (unpaired) electrons. The summed E-state index contributed by atoms with van der Waals surface area (Å²) in [7, 11) is 0. The number of nitrogens with one attached hydrogen (secondary N) is 1. The average Bonchev–Trinajstić information content (AvgIpc) is 3.49. The van der Waals surface area contributed by atoms with E-state index in [2.05, 4.69) is 4.98 Å². The highest BCUT2D eigenvalue weighted by molar-refractivity contribution is 8.00. The molecule has 0 unspecified atom stereocenters. The first-order chi connectivity index (χ1) is 14.1. The van der Waals surface area contributed by atoms with Gasteiger partial charge in [0.15, 0.2) is 0 Å². The molecule has 1 aromatic carbocycles. The monoisotopic (exact) mass is 426 g/mol. The summed E-state index contributed by atoms with van der Waals surface area (Å²) in [4.78, 5) is 27.2. The normalized spacial score (nSPS) is 29.6. The molecular formula is C21H18N2O4S2. The standard InChI is InChI=1S/C21H18N2O4S2/c24-21-22-20-19(29-21)17(16-10-5-6-11(9-10)18(16)28-20)15-8-7-14(27-15)12-3-1-2-4-13(12)23(25)26/h1-4,7-8,10-11,16-18H,5-6,9H2,(H,22,24)/t10-,11-,16+,17+,18+/m0/s1.